The number of thiophene rings is 1. The van der Waals surface area contributed by atoms with Crippen molar-refractivity contribution in [2.24, 2.45) is 0 Å². The topological polar surface area (TPSA) is 24.9 Å². The molecule has 0 aliphatic carbocycles. The Morgan fingerprint density at radius 1 is 1.10 bits per heavy atom. The van der Waals surface area contributed by atoms with Gasteiger partial charge in [0.1, 0.15) is 0 Å². The molecule has 0 amide bonds. The molecule has 3 rings (SSSR count). The number of hydrogen-bond donors (Lipinski definition) is 1. The average Bonchev–Trinajstić information content (AvgIpc) is 2.91. The van der Waals surface area contributed by atoms with Gasteiger partial charge in [-0.15, -0.1) is 11.3 Å². The first kappa shape index (κ1) is 13.6. The fourth-order valence-corrected chi connectivity index (χ4v) is 4.51. The van der Waals surface area contributed by atoms with E-state index in [1.165, 1.54) is 25.6 Å². The Hall–Kier alpha value is -1.39. The standard InChI is InChI=1S/C16H18N2S2/c1-9-5-6-14-15(7-9)20-16(18-14)17-11(3)13-8-10(2)19-12(13)4/h5-8,11H,1-4H3,(H,17,18). The van der Waals surface area contributed by atoms with Crippen molar-refractivity contribution in [1.29, 1.82) is 0 Å². The van der Waals surface area contributed by atoms with Gasteiger partial charge in [0.15, 0.2) is 5.13 Å². The minimum atomic E-state index is 0.293. The van der Waals surface area contributed by atoms with Gasteiger partial charge in [0.2, 0.25) is 0 Å². The highest BCUT2D eigenvalue weighted by Gasteiger charge is 2.13. The van der Waals surface area contributed by atoms with Crippen molar-refractivity contribution >= 4 is 38.0 Å². The van der Waals surface area contributed by atoms with Crippen LogP contribution in [-0.4, -0.2) is 4.98 Å². The zero-order valence-corrected chi connectivity index (χ0v) is 13.8. The molecule has 0 bridgehead atoms. The Bertz CT molecular complexity index is 755. The van der Waals surface area contributed by atoms with E-state index in [0.29, 0.717) is 6.04 Å². The van der Waals surface area contributed by atoms with Crippen molar-refractivity contribution < 1.29 is 0 Å². The zero-order valence-electron chi connectivity index (χ0n) is 12.2. The molecule has 1 N–H and O–H groups in total. The van der Waals surface area contributed by atoms with Gasteiger partial charge in [-0.3, -0.25) is 0 Å². The van der Waals surface area contributed by atoms with E-state index in [1.54, 1.807) is 11.3 Å². The van der Waals surface area contributed by atoms with Gasteiger partial charge in [0, 0.05) is 9.75 Å². The summed E-state index contributed by atoms with van der Waals surface area (Å²) >= 11 is 3.59. The molecular weight excluding hydrogens is 284 g/mol. The van der Waals surface area contributed by atoms with Crippen molar-refractivity contribution in [3.05, 3.63) is 45.1 Å². The maximum Gasteiger partial charge on any atom is 0.184 e. The summed E-state index contributed by atoms with van der Waals surface area (Å²) in [5, 5.41) is 4.54. The molecule has 104 valence electrons. The molecule has 4 heteroatoms. The minimum Gasteiger partial charge on any atom is -0.355 e. The number of rotatable bonds is 3. The van der Waals surface area contributed by atoms with Crippen LogP contribution in [0, 0.1) is 20.8 Å². The number of aryl methyl sites for hydroxylation is 3. The lowest BCUT2D eigenvalue weighted by atomic mass is 10.1. The van der Waals surface area contributed by atoms with Crippen LogP contribution in [0.1, 0.15) is 33.8 Å². The number of thiazole rings is 1. The SMILES string of the molecule is Cc1ccc2nc(NC(C)c3cc(C)sc3C)sc2c1. The van der Waals surface area contributed by atoms with Crippen molar-refractivity contribution in [3.63, 3.8) is 0 Å². The summed E-state index contributed by atoms with van der Waals surface area (Å²) in [5.41, 5.74) is 3.74. The average molecular weight is 302 g/mol. The Morgan fingerprint density at radius 3 is 2.60 bits per heavy atom. The number of aromatic nitrogens is 1. The van der Waals surface area contributed by atoms with Crippen LogP contribution in [0.4, 0.5) is 5.13 Å². The molecular formula is C16H18N2S2. The Morgan fingerprint density at radius 2 is 1.90 bits per heavy atom. The number of anilines is 1. The van der Waals surface area contributed by atoms with Gasteiger partial charge in [-0.1, -0.05) is 17.4 Å². The van der Waals surface area contributed by atoms with Crippen molar-refractivity contribution in [2.75, 3.05) is 5.32 Å². The molecule has 2 heterocycles. The molecule has 0 saturated carbocycles. The normalized spacial score (nSPS) is 12.8. The van der Waals surface area contributed by atoms with Gasteiger partial charge in [0.25, 0.3) is 0 Å². The van der Waals surface area contributed by atoms with Crippen LogP contribution in [-0.2, 0) is 0 Å². The molecule has 1 aromatic carbocycles. The Labute approximate surface area is 127 Å². The highest BCUT2D eigenvalue weighted by atomic mass is 32.1. The van der Waals surface area contributed by atoms with Crippen LogP contribution in [0.25, 0.3) is 10.2 Å². The van der Waals surface area contributed by atoms with E-state index in [-0.39, 0.29) is 0 Å². The third kappa shape index (κ3) is 2.58. The van der Waals surface area contributed by atoms with Gasteiger partial charge in [-0.2, -0.15) is 0 Å². The maximum absolute atomic E-state index is 4.67. The van der Waals surface area contributed by atoms with E-state index in [0.717, 1.165) is 10.6 Å². The fraction of sp³-hybridized carbons (Fsp3) is 0.312. The van der Waals surface area contributed by atoms with Gasteiger partial charge in [-0.25, -0.2) is 4.98 Å². The molecule has 0 saturated heterocycles. The first-order valence-corrected chi connectivity index (χ1v) is 8.37. The van der Waals surface area contributed by atoms with Crippen molar-refractivity contribution in [1.82, 2.24) is 4.98 Å². The minimum absolute atomic E-state index is 0.293. The summed E-state index contributed by atoms with van der Waals surface area (Å²) in [6.07, 6.45) is 0. The molecule has 3 aromatic rings. The molecule has 0 fully saturated rings. The van der Waals surface area contributed by atoms with Gasteiger partial charge in [-0.05, 0) is 57.0 Å². The predicted octanol–water partition coefficient (Wildman–Crippen LogP) is 5.46. The second kappa shape index (κ2) is 5.19. The third-order valence-corrected chi connectivity index (χ3v) is 5.36. The quantitative estimate of drug-likeness (QED) is 0.695. The highest BCUT2D eigenvalue weighted by Crippen LogP contribution is 2.32. The van der Waals surface area contributed by atoms with Crippen LogP contribution in [0.5, 0.6) is 0 Å². The third-order valence-electron chi connectivity index (χ3n) is 3.43. The first-order chi connectivity index (χ1) is 9.52. The molecule has 1 atom stereocenters. The maximum atomic E-state index is 4.67. The summed E-state index contributed by atoms with van der Waals surface area (Å²) in [6, 6.07) is 8.97. The van der Waals surface area contributed by atoms with E-state index < -0.39 is 0 Å². The van der Waals surface area contributed by atoms with Crippen LogP contribution in [0.2, 0.25) is 0 Å². The van der Waals surface area contributed by atoms with Crippen molar-refractivity contribution in [2.45, 2.75) is 33.7 Å². The molecule has 0 radical (unpaired) electrons. The largest absolute Gasteiger partial charge is 0.355 e. The smallest absolute Gasteiger partial charge is 0.184 e. The van der Waals surface area contributed by atoms with E-state index in [4.69, 9.17) is 0 Å². The zero-order chi connectivity index (χ0) is 14.3. The lowest BCUT2D eigenvalue weighted by Gasteiger charge is -2.12. The second-order valence-corrected chi connectivity index (χ2v) is 7.72. The Kier molecular flexibility index (Phi) is 3.52. The summed E-state index contributed by atoms with van der Waals surface area (Å²) in [6.45, 7) is 8.67. The molecule has 0 spiro atoms. The number of benzene rings is 1. The van der Waals surface area contributed by atoms with Crippen LogP contribution in [0.3, 0.4) is 0 Å². The van der Waals surface area contributed by atoms with Crippen molar-refractivity contribution in [3.8, 4) is 0 Å². The molecule has 1 unspecified atom stereocenters. The van der Waals surface area contributed by atoms with E-state index in [1.807, 2.05) is 11.3 Å². The highest BCUT2D eigenvalue weighted by molar-refractivity contribution is 7.22. The first-order valence-electron chi connectivity index (χ1n) is 6.73. The fourth-order valence-electron chi connectivity index (χ4n) is 2.44. The second-order valence-electron chi connectivity index (χ2n) is 5.22. The van der Waals surface area contributed by atoms with E-state index >= 15 is 0 Å². The summed E-state index contributed by atoms with van der Waals surface area (Å²) in [4.78, 5) is 7.42. The molecule has 20 heavy (non-hydrogen) atoms. The molecule has 0 aliphatic heterocycles. The van der Waals surface area contributed by atoms with Crippen LogP contribution < -0.4 is 5.32 Å². The monoisotopic (exact) mass is 302 g/mol. The van der Waals surface area contributed by atoms with Crippen LogP contribution in [0.15, 0.2) is 24.3 Å². The number of fused-ring (bicyclic) bond motifs is 1. The molecule has 0 aliphatic rings. The number of nitrogens with one attached hydrogen (secondary N) is 1. The van der Waals surface area contributed by atoms with Gasteiger partial charge >= 0.3 is 0 Å². The predicted molar refractivity (Wildman–Crippen MR) is 90.2 cm³/mol. The lowest BCUT2D eigenvalue weighted by Crippen LogP contribution is -2.06. The van der Waals surface area contributed by atoms with E-state index in [9.17, 15) is 0 Å². The summed E-state index contributed by atoms with van der Waals surface area (Å²) in [5.74, 6) is 0. The van der Waals surface area contributed by atoms with E-state index in [2.05, 4.69) is 62.3 Å². The van der Waals surface area contributed by atoms with Gasteiger partial charge < -0.3 is 5.32 Å². The lowest BCUT2D eigenvalue weighted by molar-refractivity contribution is 0.879. The molecule has 2 aromatic heterocycles. The van der Waals surface area contributed by atoms with Crippen LogP contribution >= 0.6 is 22.7 Å². The number of hydrogen-bond acceptors (Lipinski definition) is 4. The summed E-state index contributed by atoms with van der Waals surface area (Å²) in [7, 11) is 0. The molecule has 2 nitrogen and oxygen atoms in total. The number of nitrogens with zero attached hydrogens (tertiary/aromatic N) is 1. The van der Waals surface area contributed by atoms with Gasteiger partial charge in [0.05, 0.1) is 16.3 Å². The Balaban J connectivity index is 1.87. The summed E-state index contributed by atoms with van der Waals surface area (Å²) < 4.78 is 1.25.